The van der Waals surface area contributed by atoms with Gasteiger partial charge in [0.15, 0.2) is 0 Å². The Hall–Kier alpha value is -3.00. The zero-order valence-electron chi connectivity index (χ0n) is 15.9. The molecule has 0 aliphatic rings. The Kier molecular flexibility index (Phi) is 6.54. The lowest BCUT2D eigenvalue weighted by atomic mass is 10.2. The van der Waals surface area contributed by atoms with Crippen LogP contribution in [0.15, 0.2) is 57.9 Å². The molecule has 146 valence electrons. The number of hydrogen-bond donors (Lipinski definition) is 0. The van der Waals surface area contributed by atoms with Gasteiger partial charge in [0.25, 0.3) is 0 Å². The Labute approximate surface area is 167 Å². The highest BCUT2D eigenvalue weighted by Crippen LogP contribution is 2.31. The fraction of sp³-hybridized carbons (Fsp3) is 0.250. The van der Waals surface area contributed by atoms with Gasteiger partial charge in [0, 0.05) is 18.0 Å². The summed E-state index contributed by atoms with van der Waals surface area (Å²) in [6.45, 7) is 0.236. The molecule has 0 bridgehead atoms. The number of ether oxygens (including phenoxy) is 2. The maximum absolute atomic E-state index is 12.3. The highest BCUT2D eigenvalue weighted by molar-refractivity contribution is 8.00. The molecule has 3 aromatic rings. The maximum Gasteiger partial charge on any atom is 0.246 e. The summed E-state index contributed by atoms with van der Waals surface area (Å²) in [5.74, 6) is 2.33. The lowest BCUT2D eigenvalue weighted by Crippen LogP contribution is -2.27. The van der Waals surface area contributed by atoms with Gasteiger partial charge in [-0.1, -0.05) is 23.4 Å². The van der Waals surface area contributed by atoms with Gasteiger partial charge in [-0.15, -0.1) is 11.8 Å². The molecule has 7 nitrogen and oxygen atoms in total. The fourth-order valence-corrected chi connectivity index (χ4v) is 3.33. The molecule has 1 heterocycles. The minimum absolute atomic E-state index is 0.0179. The first-order valence-corrected chi connectivity index (χ1v) is 9.56. The quantitative estimate of drug-likeness (QED) is 0.537. The van der Waals surface area contributed by atoms with E-state index in [2.05, 4.69) is 10.1 Å². The van der Waals surface area contributed by atoms with Crippen LogP contribution >= 0.6 is 11.8 Å². The third-order valence-corrected chi connectivity index (χ3v) is 5.02. The molecule has 1 amide bonds. The first kappa shape index (κ1) is 19.8. The van der Waals surface area contributed by atoms with E-state index in [0.717, 1.165) is 4.90 Å². The second kappa shape index (κ2) is 9.27. The second-order valence-corrected chi connectivity index (χ2v) is 6.98. The van der Waals surface area contributed by atoms with Gasteiger partial charge < -0.3 is 18.9 Å². The number of thioether (sulfide) groups is 1. The van der Waals surface area contributed by atoms with E-state index in [-0.39, 0.29) is 12.5 Å². The minimum atomic E-state index is -0.0179. The van der Waals surface area contributed by atoms with Crippen LogP contribution in [0.1, 0.15) is 5.89 Å². The second-order valence-electron chi connectivity index (χ2n) is 5.93. The van der Waals surface area contributed by atoms with Crippen molar-refractivity contribution in [2.45, 2.75) is 11.4 Å². The molecule has 0 N–H and O–H groups in total. The summed E-state index contributed by atoms with van der Waals surface area (Å²) in [5, 5.41) is 4.01. The highest BCUT2D eigenvalue weighted by Gasteiger charge is 2.17. The van der Waals surface area contributed by atoms with Gasteiger partial charge in [0.1, 0.15) is 11.5 Å². The van der Waals surface area contributed by atoms with Crippen molar-refractivity contribution < 1.29 is 18.8 Å². The van der Waals surface area contributed by atoms with Gasteiger partial charge in [-0.3, -0.25) is 4.79 Å². The van der Waals surface area contributed by atoms with E-state index >= 15 is 0 Å². The van der Waals surface area contributed by atoms with E-state index < -0.39 is 0 Å². The zero-order valence-corrected chi connectivity index (χ0v) is 16.7. The Morgan fingerprint density at radius 2 is 1.93 bits per heavy atom. The average Bonchev–Trinajstić information content (AvgIpc) is 3.20. The van der Waals surface area contributed by atoms with Crippen molar-refractivity contribution in [2.75, 3.05) is 27.0 Å². The van der Waals surface area contributed by atoms with Gasteiger partial charge in [-0.2, -0.15) is 4.98 Å². The number of amides is 1. The van der Waals surface area contributed by atoms with E-state index in [0.29, 0.717) is 34.5 Å². The van der Waals surface area contributed by atoms with Crippen LogP contribution in [-0.2, 0) is 11.3 Å². The normalized spacial score (nSPS) is 10.5. The molecule has 8 heteroatoms. The van der Waals surface area contributed by atoms with Crippen molar-refractivity contribution in [2.24, 2.45) is 0 Å². The molecule has 0 aliphatic carbocycles. The summed E-state index contributed by atoms with van der Waals surface area (Å²) in [6, 6.07) is 15.1. The zero-order chi connectivity index (χ0) is 19.9. The number of carbonyl (C=O) groups excluding carboxylic acids is 1. The molecule has 2 aromatic carbocycles. The van der Waals surface area contributed by atoms with Crippen molar-refractivity contribution in [3.8, 4) is 22.9 Å². The Balaban J connectivity index is 1.63. The number of carbonyl (C=O) groups is 1. The lowest BCUT2D eigenvalue weighted by molar-refractivity contribution is -0.127. The third kappa shape index (κ3) is 4.83. The number of methoxy groups -OCH3 is 2. The van der Waals surface area contributed by atoms with Crippen LogP contribution in [0.5, 0.6) is 11.5 Å². The molecular weight excluding hydrogens is 378 g/mol. The van der Waals surface area contributed by atoms with Gasteiger partial charge in [0.05, 0.1) is 32.1 Å². The van der Waals surface area contributed by atoms with Crippen molar-refractivity contribution in [1.82, 2.24) is 15.0 Å². The van der Waals surface area contributed by atoms with Gasteiger partial charge >= 0.3 is 0 Å². The largest absolute Gasteiger partial charge is 0.497 e. The number of rotatable bonds is 8. The Morgan fingerprint density at radius 3 is 2.64 bits per heavy atom. The minimum Gasteiger partial charge on any atom is -0.497 e. The van der Waals surface area contributed by atoms with Crippen LogP contribution < -0.4 is 9.47 Å². The summed E-state index contributed by atoms with van der Waals surface area (Å²) in [7, 11) is 4.87. The van der Waals surface area contributed by atoms with E-state index in [4.69, 9.17) is 14.0 Å². The van der Waals surface area contributed by atoms with Crippen LogP contribution in [0.3, 0.4) is 0 Å². The maximum atomic E-state index is 12.3. The number of hydrogen-bond acceptors (Lipinski definition) is 7. The SMILES string of the molecule is COc1ccc(-c2noc(CN(C)C(=O)CSc3ccccc3)n2)c(OC)c1. The molecule has 0 saturated heterocycles. The van der Waals surface area contributed by atoms with Crippen LogP contribution in [0.25, 0.3) is 11.4 Å². The van der Waals surface area contributed by atoms with Crippen LogP contribution in [0.4, 0.5) is 0 Å². The van der Waals surface area contributed by atoms with Gasteiger partial charge in [0.2, 0.25) is 17.6 Å². The molecule has 0 spiro atoms. The molecule has 0 aliphatic heterocycles. The summed E-state index contributed by atoms with van der Waals surface area (Å²) >= 11 is 1.49. The van der Waals surface area contributed by atoms with Crippen LogP contribution in [0.2, 0.25) is 0 Å². The average molecular weight is 399 g/mol. The van der Waals surface area contributed by atoms with Crippen molar-refractivity contribution in [3.05, 3.63) is 54.4 Å². The summed E-state index contributed by atoms with van der Waals surface area (Å²) in [5.41, 5.74) is 0.687. The van der Waals surface area contributed by atoms with E-state index in [1.54, 1.807) is 44.4 Å². The van der Waals surface area contributed by atoms with Crippen molar-refractivity contribution in [3.63, 3.8) is 0 Å². The third-order valence-electron chi connectivity index (χ3n) is 4.02. The van der Waals surface area contributed by atoms with E-state index in [9.17, 15) is 4.79 Å². The smallest absolute Gasteiger partial charge is 0.246 e. The van der Waals surface area contributed by atoms with Crippen LogP contribution in [-0.4, -0.2) is 48.0 Å². The summed E-state index contributed by atoms with van der Waals surface area (Å²) in [4.78, 5) is 19.4. The number of benzene rings is 2. The first-order chi connectivity index (χ1) is 13.6. The fourth-order valence-electron chi connectivity index (χ4n) is 2.47. The van der Waals surface area contributed by atoms with Crippen LogP contribution in [0, 0.1) is 0 Å². The Bertz CT molecular complexity index is 930. The molecule has 0 unspecified atom stereocenters. The predicted molar refractivity (Wildman–Crippen MR) is 106 cm³/mol. The van der Waals surface area contributed by atoms with Crippen molar-refractivity contribution >= 4 is 17.7 Å². The van der Waals surface area contributed by atoms with Gasteiger partial charge in [-0.25, -0.2) is 0 Å². The predicted octanol–water partition coefficient (Wildman–Crippen LogP) is 3.50. The molecule has 0 radical (unpaired) electrons. The Morgan fingerprint density at radius 1 is 1.14 bits per heavy atom. The van der Waals surface area contributed by atoms with Gasteiger partial charge in [-0.05, 0) is 24.3 Å². The molecular formula is C20H21N3O4S. The van der Waals surface area contributed by atoms with Crippen molar-refractivity contribution in [1.29, 1.82) is 0 Å². The van der Waals surface area contributed by atoms with E-state index in [1.807, 2.05) is 30.3 Å². The molecule has 1 aromatic heterocycles. The summed E-state index contributed by atoms with van der Waals surface area (Å²) < 4.78 is 15.9. The first-order valence-electron chi connectivity index (χ1n) is 8.57. The number of aromatic nitrogens is 2. The topological polar surface area (TPSA) is 77.7 Å². The molecule has 28 heavy (non-hydrogen) atoms. The molecule has 0 fully saturated rings. The molecule has 0 saturated carbocycles. The van der Waals surface area contributed by atoms with E-state index in [1.165, 1.54) is 11.8 Å². The summed E-state index contributed by atoms with van der Waals surface area (Å²) in [6.07, 6.45) is 0. The highest BCUT2D eigenvalue weighted by atomic mass is 32.2. The monoisotopic (exact) mass is 399 g/mol. The number of nitrogens with zero attached hydrogens (tertiary/aromatic N) is 3. The molecule has 3 rings (SSSR count). The lowest BCUT2D eigenvalue weighted by Gasteiger charge is -2.14. The standard InChI is InChI=1S/C20H21N3O4S/c1-23(19(24)13-28-15-7-5-4-6-8-15)12-18-21-20(22-27-18)16-10-9-14(25-2)11-17(16)26-3/h4-11H,12-13H2,1-3H3. The molecule has 0 atom stereocenters.